The number of hydrogen-bond donors (Lipinski definition) is 3. The predicted molar refractivity (Wildman–Crippen MR) is 131 cm³/mol. The van der Waals surface area contributed by atoms with Crippen molar-refractivity contribution in [3.63, 3.8) is 0 Å². The van der Waals surface area contributed by atoms with Gasteiger partial charge in [0, 0.05) is 30.4 Å². The molecular weight excluding hydrogens is 468 g/mol. The Morgan fingerprint density at radius 3 is 2.60 bits per heavy atom. The van der Waals surface area contributed by atoms with Crippen LogP contribution in [-0.4, -0.2) is 61.9 Å². The Hall–Kier alpha value is -2.68. The SMILES string of the molecule is NC(=O)C(C1Cc2ccc(Cl)cc2C1)=[N+](O)C(CC(O)c1ccc(OC2CC2)nc1)N1CCCC1. The first-order valence-electron chi connectivity index (χ1n) is 12.4. The highest BCUT2D eigenvalue weighted by molar-refractivity contribution is 6.37. The molecule has 8 nitrogen and oxygen atoms in total. The van der Waals surface area contributed by atoms with Crippen molar-refractivity contribution in [3.05, 3.63) is 58.2 Å². The van der Waals surface area contributed by atoms with Crippen LogP contribution in [0.5, 0.6) is 5.88 Å². The lowest BCUT2D eigenvalue weighted by atomic mass is 9.98. The average Bonchev–Trinajstić information content (AvgIpc) is 3.30. The summed E-state index contributed by atoms with van der Waals surface area (Å²) in [6.07, 6.45) is 5.85. The van der Waals surface area contributed by atoms with Gasteiger partial charge in [-0.25, -0.2) is 9.88 Å². The van der Waals surface area contributed by atoms with Crippen molar-refractivity contribution in [1.82, 2.24) is 9.88 Å². The fourth-order valence-corrected chi connectivity index (χ4v) is 5.43. The maximum absolute atomic E-state index is 12.6. The number of primary amides is 1. The van der Waals surface area contributed by atoms with Gasteiger partial charge in [-0.3, -0.25) is 10.0 Å². The third kappa shape index (κ3) is 5.44. The summed E-state index contributed by atoms with van der Waals surface area (Å²) in [4.78, 5) is 19.0. The van der Waals surface area contributed by atoms with Crippen molar-refractivity contribution < 1.29 is 24.6 Å². The van der Waals surface area contributed by atoms with E-state index in [9.17, 15) is 15.1 Å². The number of benzene rings is 1. The van der Waals surface area contributed by atoms with Crippen LogP contribution in [-0.2, 0) is 17.6 Å². The highest BCUT2D eigenvalue weighted by Gasteiger charge is 2.42. The normalized spacial score (nSPS) is 22.4. The molecule has 0 bridgehead atoms. The van der Waals surface area contributed by atoms with E-state index in [2.05, 4.69) is 9.88 Å². The summed E-state index contributed by atoms with van der Waals surface area (Å²) in [5.41, 5.74) is 8.78. The van der Waals surface area contributed by atoms with Gasteiger partial charge in [-0.15, -0.1) is 0 Å². The molecule has 1 aliphatic heterocycles. The van der Waals surface area contributed by atoms with Crippen molar-refractivity contribution in [2.45, 2.75) is 63.3 Å². The van der Waals surface area contributed by atoms with Crippen LogP contribution in [0.4, 0.5) is 0 Å². The Bertz CT molecular complexity index is 1110. The van der Waals surface area contributed by atoms with Crippen LogP contribution < -0.4 is 10.5 Å². The minimum atomic E-state index is -0.883. The monoisotopic (exact) mass is 499 g/mol. The standard InChI is InChI=1S/C26H31ClN4O4/c27-20-5-3-16-11-19(12-18(16)13-20)25(26(28)33)31(34)24(30-9-1-2-10-30)14-22(32)17-4-8-23(29-15-17)35-21-6-7-21/h3-5,8,13,15,19,21-22,24,32H,1-2,6-7,9-12,14H2,(H2-,28,33,34)/p+1. The molecule has 4 N–H and O–H groups in total. The van der Waals surface area contributed by atoms with Gasteiger partial charge in [0.15, 0.2) is 0 Å². The quantitative estimate of drug-likeness (QED) is 0.212. The fraction of sp³-hybridized carbons (Fsp3) is 0.500. The molecule has 1 aromatic heterocycles. The first-order chi connectivity index (χ1) is 16.9. The molecule has 3 aliphatic rings. The van der Waals surface area contributed by atoms with Crippen molar-refractivity contribution in [2.75, 3.05) is 13.1 Å². The van der Waals surface area contributed by atoms with E-state index in [0.717, 1.165) is 54.6 Å². The summed E-state index contributed by atoms with van der Waals surface area (Å²) in [5.74, 6) is -0.361. The molecule has 2 fully saturated rings. The van der Waals surface area contributed by atoms with E-state index < -0.39 is 18.2 Å². The smallest absolute Gasteiger partial charge is 0.313 e. The summed E-state index contributed by atoms with van der Waals surface area (Å²) in [6.45, 7) is 1.54. The van der Waals surface area contributed by atoms with E-state index in [-0.39, 0.29) is 24.2 Å². The van der Waals surface area contributed by atoms with Crippen molar-refractivity contribution in [3.8, 4) is 5.88 Å². The lowest BCUT2D eigenvalue weighted by Crippen LogP contribution is -2.49. The lowest BCUT2D eigenvalue weighted by Gasteiger charge is -2.24. The number of carbonyl (C=O) groups is 1. The van der Waals surface area contributed by atoms with E-state index in [0.29, 0.717) is 29.3 Å². The van der Waals surface area contributed by atoms with Gasteiger partial charge in [0.1, 0.15) is 6.10 Å². The molecule has 1 saturated carbocycles. The molecule has 2 heterocycles. The summed E-state index contributed by atoms with van der Waals surface area (Å²) in [5, 5.41) is 23.1. The maximum atomic E-state index is 12.6. The van der Waals surface area contributed by atoms with Gasteiger partial charge in [0.05, 0.1) is 18.4 Å². The number of rotatable bonds is 9. The zero-order valence-corrected chi connectivity index (χ0v) is 20.4. The molecule has 3 atom stereocenters. The van der Waals surface area contributed by atoms with Crippen molar-refractivity contribution >= 4 is 23.2 Å². The molecule has 0 spiro atoms. The number of nitrogens with two attached hydrogens (primary N) is 1. The predicted octanol–water partition coefficient (Wildman–Crippen LogP) is 2.86. The van der Waals surface area contributed by atoms with Gasteiger partial charge in [-0.1, -0.05) is 17.7 Å². The number of aliphatic hydroxyl groups excluding tert-OH is 1. The molecule has 0 radical (unpaired) electrons. The van der Waals surface area contributed by atoms with E-state index >= 15 is 0 Å². The van der Waals surface area contributed by atoms with Crippen LogP contribution in [0.2, 0.25) is 5.02 Å². The van der Waals surface area contributed by atoms with Gasteiger partial charge in [-0.2, -0.15) is 0 Å². The maximum Gasteiger partial charge on any atom is 0.313 e. The molecule has 9 heteroatoms. The Morgan fingerprint density at radius 1 is 1.20 bits per heavy atom. The van der Waals surface area contributed by atoms with Gasteiger partial charge >= 0.3 is 5.91 Å². The van der Waals surface area contributed by atoms with Gasteiger partial charge in [0.2, 0.25) is 5.88 Å². The number of aliphatic hydroxyl groups is 1. The van der Waals surface area contributed by atoms with Crippen LogP contribution in [0.25, 0.3) is 0 Å². The number of pyridine rings is 1. The van der Waals surface area contributed by atoms with Gasteiger partial charge in [-0.05, 0) is 78.2 Å². The number of hydrogen-bond acceptors (Lipinski definition) is 6. The minimum absolute atomic E-state index is 0.174. The number of nitrogens with zero attached hydrogens (tertiary/aromatic N) is 3. The van der Waals surface area contributed by atoms with Crippen LogP contribution in [0.3, 0.4) is 0 Å². The second-order valence-electron chi connectivity index (χ2n) is 9.83. The fourth-order valence-electron chi connectivity index (χ4n) is 5.24. The molecule has 1 amide bonds. The second kappa shape index (κ2) is 10.1. The van der Waals surface area contributed by atoms with E-state index in [4.69, 9.17) is 22.1 Å². The molecule has 1 aromatic carbocycles. The molecule has 186 valence electrons. The second-order valence-corrected chi connectivity index (χ2v) is 10.3. The summed E-state index contributed by atoms with van der Waals surface area (Å²) < 4.78 is 6.72. The Balaban J connectivity index is 1.39. The molecular formula is C26H32ClN4O4+. The van der Waals surface area contributed by atoms with E-state index in [1.165, 1.54) is 0 Å². The summed E-state index contributed by atoms with van der Waals surface area (Å²) >= 11 is 6.16. The Morgan fingerprint density at radius 2 is 1.94 bits per heavy atom. The zero-order chi connectivity index (χ0) is 24.5. The van der Waals surface area contributed by atoms with E-state index in [1.54, 1.807) is 18.3 Å². The first kappa shape index (κ1) is 24.0. The number of ether oxygens (including phenoxy) is 1. The number of hydroxylamine groups is 1. The molecule has 1 saturated heterocycles. The summed E-state index contributed by atoms with van der Waals surface area (Å²) in [6, 6.07) is 9.27. The highest BCUT2D eigenvalue weighted by atomic mass is 35.5. The Kier molecular flexibility index (Phi) is 6.95. The third-order valence-corrected chi connectivity index (χ3v) is 7.46. The highest BCUT2D eigenvalue weighted by Crippen LogP contribution is 2.31. The number of amides is 1. The lowest BCUT2D eigenvalue weighted by molar-refractivity contribution is -0.813. The molecule has 35 heavy (non-hydrogen) atoms. The molecule has 3 unspecified atom stereocenters. The summed E-state index contributed by atoms with van der Waals surface area (Å²) in [7, 11) is 0. The van der Waals surface area contributed by atoms with Crippen LogP contribution in [0.1, 0.15) is 54.9 Å². The largest absolute Gasteiger partial charge is 0.474 e. The minimum Gasteiger partial charge on any atom is -0.474 e. The van der Waals surface area contributed by atoms with Crippen LogP contribution in [0.15, 0.2) is 36.5 Å². The topological polar surface area (TPSA) is 112 Å². The third-order valence-electron chi connectivity index (χ3n) is 7.22. The number of fused-ring (bicyclic) bond motifs is 1. The van der Waals surface area contributed by atoms with Crippen LogP contribution >= 0.6 is 11.6 Å². The number of aromatic nitrogens is 1. The van der Waals surface area contributed by atoms with Crippen LogP contribution in [0, 0.1) is 5.92 Å². The van der Waals surface area contributed by atoms with Crippen molar-refractivity contribution in [1.29, 1.82) is 0 Å². The number of halogens is 1. The van der Waals surface area contributed by atoms with Gasteiger partial charge < -0.3 is 15.6 Å². The zero-order valence-electron chi connectivity index (χ0n) is 19.6. The number of carbonyl (C=O) groups excluding carboxylic acids is 1. The average molecular weight is 500 g/mol. The van der Waals surface area contributed by atoms with Crippen molar-refractivity contribution in [2.24, 2.45) is 11.7 Å². The molecule has 2 aliphatic carbocycles. The number of likely N-dealkylation sites (tertiary alicyclic amines) is 1. The van der Waals surface area contributed by atoms with E-state index in [1.807, 2.05) is 18.2 Å². The molecule has 5 rings (SSSR count). The Labute approximate surface area is 209 Å². The van der Waals surface area contributed by atoms with Gasteiger partial charge in [0.25, 0.3) is 11.9 Å². The molecule has 2 aromatic rings. The first-order valence-corrected chi connectivity index (χ1v) is 12.7.